The second-order valence-electron chi connectivity index (χ2n) is 3.90. The molecule has 2 rings (SSSR count). The predicted octanol–water partition coefficient (Wildman–Crippen LogP) is 0.703. The summed E-state index contributed by atoms with van der Waals surface area (Å²) in [5.74, 6) is 0. The summed E-state index contributed by atoms with van der Waals surface area (Å²) in [6.45, 7) is 5.97. The fraction of sp³-hybridized carbons (Fsp3) is 0.500. The van der Waals surface area contributed by atoms with Crippen LogP contribution in [0.15, 0.2) is 24.3 Å². The van der Waals surface area contributed by atoms with Crippen molar-refractivity contribution in [3.8, 4) is 0 Å². The van der Waals surface area contributed by atoms with Crippen molar-refractivity contribution >= 4 is 11.4 Å². The zero-order valence-electron chi connectivity index (χ0n) is 9.55. The van der Waals surface area contributed by atoms with E-state index in [9.17, 15) is 0 Å². The summed E-state index contributed by atoms with van der Waals surface area (Å²) >= 11 is 0. The van der Waals surface area contributed by atoms with Crippen molar-refractivity contribution in [2.24, 2.45) is 0 Å². The minimum absolute atomic E-state index is 0.957. The Hall–Kier alpha value is -1.26. The van der Waals surface area contributed by atoms with Crippen LogP contribution in [-0.2, 0) is 0 Å². The highest BCUT2D eigenvalue weighted by atomic mass is 15.0. The molecule has 1 aromatic carbocycles. The lowest BCUT2D eigenvalue weighted by Gasteiger charge is -2.16. The molecule has 0 saturated carbocycles. The Kier molecular flexibility index (Phi) is 4.46. The second kappa shape index (κ2) is 6.35. The Morgan fingerprint density at radius 2 is 1.06 bits per heavy atom. The van der Waals surface area contributed by atoms with Gasteiger partial charge in [0.1, 0.15) is 0 Å². The molecule has 1 aromatic rings. The molecule has 0 atom stereocenters. The Morgan fingerprint density at radius 1 is 0.625 bits per heavy atom. The van der Waals surface area contributed by atoms with E-state index in [1.54, 1.807) is 0 Å². The van der Waals surface area contributed by atoms with Crippen molar-refractivity contribution in [2.45, 2.75) is 0 Å². The average Bonchev–Trinajstić information content (AvgIpc) is 2.30. The van der Waals surface area contributed by atoms with Crippen molar-refractivity contribution in [2.75, 3.05) is 49.9 Å². The Morgan fingerprint density at radius 3 is 1.56 bits per heavy atom. The lowest BCUT2D eigenvalue weighted by atomic mass is 10.2. The summed E-state index contributed by atoms with van der Waals surface area (Å²) in [6.07, 6.45) is 0. The molecule has 0 radical (unpaired) electrons. The van der Waals surface area contributed by atoms with E-state index in [1.165, 1.54) is 11.4 Å². The maximum absolute atomic E-state index is 3.44. The summed E-state index contributed by atoms with van der Waals surface area (Å²) in [5.41, 5.74) is 2.37. The topological polar surface area (TPSA) is 48.1 Å². The van der Waals surface area contributed by atoms with Gasteiger partial charge in [-0.15, -0.1) is 0 Å². The third-order valence-electron chi connectivity index (χ3n) is 2.64. The van der Waals surface area contributed by atoms with Gasteiger partial charge >= 0.3 is 0 Å². The van der Waals surface area contributed by atoms with Crippen molar-refractivity contribution in [3.63, 3.8) is 0 Å². The molecule has 1 aliphatic heterocycles. The van der Waals surface area contributed by atoms with Crippen LogP contribution >= 0.6 is 0 Å². The zero-order valence-corrected chi connectivity index (χ0v) is 9.55. The molecule has 0 saturated heterocycles. The van der Waals surface area contributed by atoms with E-state index in [2.05, 4.69) is 45.5 Å². The van der Waals surface area contributed by atoms with Gasteiger partial charge in [-0.1, -0.05) is 12.1 Å². The third kappa shape index (κ3) is 3.40. The molecule has 0 aromatic heterocycles. The maximum Gasteiger partial charge on any atom is 0.0576 e. The van der Waals surface area contributed by atoms with E-state index in [0.29, 0.717) is 0 Å². The molecular weight excluding hydrogens is 200 g/mol. The van der Waals surface area contributed by atoms with Crippen LogP contribution < -0.4 is 21.3 Å². The first-order chi connectivity index (χ1) is 7.97. The highest BCUT2D eigenvalue weighted by Gasteiger charge is 2.00. The lowest BCUT2D eigenvalue weighted by molar-refractivity contribution is 0.625. The van der Waals surface area contributed by atoms with Crippen LogP contribution in [0.3, 0.4) is 0 Å². The second-order valence-corrected chi connectivity index (χ2v) is 3.90. The van der Waals surface area contributed by atoms with E-state index >= 15 is 0 Å². The maximum atomic E-state index is 3.44. The number of anilines is 2. The first kappa shape index (κ1) is 11.2. The molecule has 4 heteroatoms. The van der Waals surface area contributed by atoms with Crippen LogP contribution in [0, 0.1) is 0 Å². The Bertz CT molecular complexity index is 283. The van der Waals surface area contributed by atoms with Crippen LogP contribution in [0.4, 0.5) is 11.4 Å². The van der Waals surface area contributed by atoms with Crippen molar-refractivity contribution in [3.05, 3.63) is 24.3 Å². The highest BCUT2D eigenvalue weighted by Crippen LogP contribution is 2.19. The number of rotatable bonds is 0. The van der Waals surface area contributed by atoms with Gasteiger partial charge in [-0.05, 0) is 12.1 Å². The summed E-state index contributed by atoms with van der Waals surface area (Å²) < 4.78 is 0. The number of para-hydroxylation sites is 2. The molecule has 1 aliphatic rings. The molecule has 4 nitrogen and oxygen atoms in total. The van der Waals surface area contributed by atoms with E-state index in [0.717, 1.165) is 39.3 Å². The third-order valence-corrected chi connectivity index (χ3v) is 2.64. The largest absolute Gasteiger partial charge is 0.382 e. The van der Waals surface area contributed by atoms with Gasteiger partial charge in [-0.3, -0.25) is 0 Å². The van der Waals surface area contributed by atoms with E-state index < -0.39 is 0 Å². The number of hydrogen-bond donors (Lipinski definition) is 4. The van der Waals surface area contributed by atoms with Gasteiger partial charge in [0, 0.05) is 39.3 Å². The van der Waals surface area contributed by atoms with Gasteiger partial charge < -0.3 is 21.3 Å². The molecule has 0 amide bonds. The molecule has 4 N–H and O–H groups in total. The minimum Gasteiger partial charge on any atom is -0.382 e. The zero-order chi connectivity index (χ0) is 11.1. The van der Waals surface area contributed by atoms with Gasteiger partial charge in [0.05, 0.1) is 11.4 Å². The molecule has 0 bridgehead atoms. The van der Waals surface area contributed by atoms with Crippen LogP contribution in [0.2, 0.25) is 0 Å². The van der Waals surface area contributed by atoms with Crippen LogP contribution in [-0.4, -0.2) is 39.3 Å². The van der Waals surface area contributed by atoms with Gasteiger partial charge in [0.2, 0.25) is 0 Å². The van der Waals surface area contributed by atoms with Crippen molar-refractivity contribution in [1.29, 1.82) is 0 Å². The van der Waals surface area contributed by atoms with Crippen molar-refractivity contribution in [1.82, 2.24) is 10.6 Å². The SMILES string of the molecule is c1ccc2c(c1)NCCNCCNCCN2. The molecule has 0 unspecified atom stereocenters. The normalized spacial score (nSPS) is 18.2. The molecule has 0 spiro atoms. The highest BCUT2D eigenvalue weighted by molar-refractivity contribution is 5.68. The number of hydrogen-bond acceptors (Lipinski definition) is 4. The van der Waals surface area contributed by atoms with Crippen LogP contribution in [0.5, 0.6) is 0 Å². The summed E-state index contributed by atoms with van der Waals surface area (Å²) in [4.78, 5) is 0. The van der Waals surface area contributed by atoms with Crippen molar-refractivity contribution < 1.29 is 0 Å². The van der Waals surface area contributed by atoms with Gasteiger partial charge in [-0.25, -0.2) is 0 Å². The van der Waals surface area contributed by atoms with Crippen LogP contribution in [0.25, 0.3) is 0 Å². The van der Waals surface area contributed by atoms with Gasteiger partial charge in [0.25, 0.3) is 0 Å². The first-order valence-electron chi connectivity index (χ1n) is 5.95. The predicted molar refractivity (Wildman–Crippen MR) is 69.2 cm³/mol. The number of benzene rings is 1. The van der Waals surface area contributed by atoms with Gasteiger partial charge in [-0.2, -0.15) is 0 Å². The van der Waals surface area contributed by atoms with Crippen LogP contribution in [0.1, 0.15) is 0 Å². The molecular formula is C12H20N4. The van der Waals surface area contributed by atoms with E-state index in [-0.39, 0.29) is 0 Å². The average molecular weight is 220 g/mol. The smallest absolute Gasteiger partial charge is 0.0576 e. The monoisotopic (exact) mass is 220 g/mol. The fourth-order valence-corrected chi connectivity index (χ4v) is 1.79. The molecule has 88 valence electrons. The summed E-state index contributed by atoms with van der Waals surface area (Å²) in [5, 5.41) is 13.6. The summed E-state index contributed by atoms with van der Waals surface area (Å²) in [7, 11) is 0. The Balaban J connectivity index is 1.99. The Labute approximate surface area is 96.8 Å². The number of fused-ring (bicyclic) bond motifs is 1. The standard InChI is InChI=1S/C12H20N4/c1-2-4-12-11(3-1)15-9-7-13-5-6-14-8-10-16-12/h1-4,13-16H,5-10H2. The minimum atomic E-state index is 0.957. The molecule has 0 fully saturated rings. The molecule has 16 heavy (non-hydrogen) atoms. The fourth-order valence-electron chi connectivity index (χ4n) is 1.79. The number of nitrogens with one attached hydrogen (secondary N) is 4. The van der Waals surface area contributed by atoms with Gasteiger partial charge in [0.15, 0.2) is 0 Å². The quantitative estimate of drug-likeness (QED) is 0.520. The van der Waals surface area contributed by atoms with E-state index in [4.69, 9.17) is 0 Å². The van der Waals surface area contributed by atoms with E-state index in [1.807, 2.05) is 0 Å². The summed E-state index contributed by atoms with van der Waals surface area (Å²) in [6, 6.07) is 8.35. The molecule has 0 aliphatic carbocycles. The first-order valence-corrected chi connectivity index (χ1v) is 5.95. The molecule has 1 heterocycles. The lowest BCUT2D eigenvalue weighted by Crippen LogP contribution is -2.33.